The molecule has 3 rings (SSSR count). The summed E-state index contributed by atoms with van der Waals surface area (Å²) in [5.41, 5.74) is 1.17. The van der Waals surface area contributed by atoms with Crippen molar-refractivity contribution in [2.75, 3.05) is 11.1 Å². The highest BCUT2D eigenvalue weighted by Gasteiger charge is 2.15. The lowest BCUT2D eigenvalue weighted by Crippen LogP contribution is -2.17. The lowest BCUT2D eigenvalue weighted by Gasteiger charge is -2.07. The highest BCUT2D eigenvalue weighted by Crippen LogP contribution is 2.25. The van der Waals surface area contributed by atoms with Crippen molar-refractivity contribution in [3.8, 4) is 0 Å². The first-order valence-electron chi connectivity index (χ1n) is 8.38. The summed E-state index contributed by atoms with van der Waals surface area (Å²) in [6.07, 6.45) is 0.0327. The minimum absolute atomic E-state index is 0.00981. The molecule has 0 saturated heterocycles. The number of benzene rings is 2. The molecule has 1 N–H and O–H groups in total. The zero-order valence-electron chi connectivity index (χ0n) is 15.2. The van der Waals surface area contributed by atoms with Gasteiger partial charge in [0.2, 0.25) is 5.91 Å². The molecule has 1 heterocycles. The van der Waals surface area contributed by atoms with Crippen molar-refractivity contribution in [1.82, 2.24) is 14.8 Å². The molecule has 150 valence electrons. The summed E-state index contributed by atoms with van der Waals surface area (Å²) in [6.45, 7) is 0. The fourth-order valence-corrected chi connectivity index (χ4v) is 3.78. The number of Topliss-reactive ketones (excluding diaryl/α,β-unsaturated/α-hetero) is 1. The first-order valence-corrected chi connectivity index (χ1v) is 10.9. The van der Waals surface area contributed by atoms with Gasteiger partial charge in [-0.05, 0) is 30.3 Å². The molecule has 1 aromatic heterocycles. The number of hydrogen-bond acceptors (Lipinski definition) is 5. The van der Waals surface area contributed by atoms with Gasteiger partial charge in [-0.25, -0.2) is 0 Å². The van der Waals surface area contributed by atoms with Crippen molar-refractivity contribution >= 4 is 68.3 Å². The van der Waals surface area contributed by atoms with Crippen LogP contribution in [0.25, 0.3) is 0 Å². The van der Waals surface area contributed by atoms with E-state index >= 15 is 0 Å². The summed E-state index contributed by atoms with van der Waals surface area (Å²) in [7, 11) is 1.76. The molecule has 3 aromatic rings. The van der Waals surface area contributed by atoms with Crippen LogP contribution >= 0.6 is 50.9 Å². The summed E-state index contributed by atoms with van der Waals surface area (Å²) in [5.74, 6) is 0.440. The topological polar surface area (TPSA) is 76.9 Å². The fourth-order valence-electron chi connectivity index (χ4n) is 2.40. The van der Waals surface area contributed by atoms with Gasteiger partial charge in [-0.1, -0.05) is 63.0 Å². The van der Waals surface area contributed by atoms with Gasteiger partial charge in [-0.15, -0.1) is 10.2 Å². The summed E-state index contributed by atoms with van der Waals surface area (Å²) in [6, 6.07) is 12.0. The zero-order chi connectivity index (χ0) is 21.0. The lowest BCUT2D eigenvalue weighted by molar-refractivity contribution is -0.115. The Kier molecular flexibility index (Phi) is 7.34. The van der Waals surface area contributed by atoms with Gasteiger partial charge in [-0.2, -0.15) is 0 Å². The molecule has 10 heteroatoms. The van der Waals surface area contributed by atoms with Crippen LogP contribution in [0.2, 0.25) is 10.0 Å². The highest BCUT2D eigenvalue weighted by molar-refractivity contribution is 9.10. The quantitative estimate of drug-likeness (QED) is 0.353. The summed E-state index contributed by atoms with van der Waals surface area (Å²) in [5, 5.41) is 12.2. The molecule has 6 nitrogen and oxygen atoms in total. The third-order valence-corrected chi connectivity index (χ3v) is 6.23. The van der Waals surface area contributed by atoms with E-state index in [4.69, 9.17) is 23.2 Å². The Labute approximate surface area is 190 Å². The molecular weight excluding hydrogens is 499 g/mol. The first kappa shape index (κ1) is 21.8. The van der Waals surface area contributed by atoms with Crippen LogP contribution in [0.4, 0.5) is 5.69 Å². The Balaban J connectivity index is 1.58. The molecule has 0 atom stereocenters. The summed E-state index contributed by atoms with van der Waals surface area (Å²) < 4.78 is 2.62. The largest absolute Gasteiger partial charge is 0.326 e. The van der Waals surface area contributed by atoms with Crippen molar-refractivity contribution < 1.29 is 9.59 Å². The van der Waals surface area contributed by atoms with Gasteiger partial charge >= 0.3 is 0 Å². The number of aromatic nitrogens is 3. The van der Waals surface area contributed by atoms with Crippen LogP contribution in [0.5, 0.6) is 0 Å². The van der Waals surface area contributed by atoms with Crippen LogP contribution in [0.15, 0.2) is 52.1 Å². The van der Waals surface area contributed by atoms with Gasteiger partial charge in [0.05, 0.1) is 22.2 Å². The lowest BCUT2D eigenvalue weighted by atomic mass is 10.2. The molecule has 1 amide bonds. The number of amides is 1. The van der Waals surface area contributed by atoms with E-state index in [1.54, 1.807) is 41.9 Å². The Bertz CT molecular complexity index is 1060. The zero-order valence-corrected chi connectivity index (χ0v) is 19.1. The molecule has 29 heavy (non-hydrogen) atoms. The number of hydrogen-bond donors (Lipinski definition) is 1. The number of nitrogens with zero attached hydrogens (tertiary/aromatic N) is 3. The van der Waals surface area contributed by atoms with Crippen molar-refractivity contribution in [3.05, 3.63) is 68.4 Å². The van der Waals surface area contributed by atoms with Crippen LogP contribution in [0.3, 0.4) is 0 Å². The van der Waals surface area contributed by atoms with Crippen LogP contribution in [-0.4, -0.2) is 32.2 Å². The van der Waals surface area contributed by atoms with E-state index in [9.17, 15) is 9.59 Å². The second-order valence-electron chi connectivity index (χ2n) is 6.03. The Morgan fingerprint density at radius 1 is 1.10 bits per heavy atom. The maximum Gasteiger partial charge on any atom is 0.232 e. The van der Waals surface area contributed by atoms with E-state index in [0.29, 0.717) is 32.3 Å². The molecule has 2 aromatic carbocycles. The number of carbonyl (C=O) groups excluding carboxylic acids is 2. The number of nitrogens with one attached hydrogen (secondary N) is 1. The normalized spacial score (nSPS) is 10.8. The van der Waals surface area contributed by atoms with Gasteiger partial charge < -0.3 is 9.88 Å². The number of ketones is 1. The fraction of sp³-hybridized carbons (Fsp3) is 0.158. The molecule has 0 bridgehead atoms. The molecule has 0 saturated carbocycles. The third-order valence-electron chi connectivity index (χ3n) is 3.95. The predicted octanol–water partition coefficient (Wildman–Crippen LogP) is 5.04. The Morgan fingerprint density at radius 2 is 1.83 bits per heavy atom. The minimum Gasteiger partial charge on any atom is -0.326 e. The van der Waals surface area contributed by atoms with Crippen molar-refractivity contribution in [2.24, 2.45) is 7.05 Å². The minimum atomic E-state index is -0.263. The average Bonchev–Trinajstić information content (AvgIpc) is 3.03. The van der Waals surface area contributed by atoms with E-state index in [2.05, 4.69) is 31.4 Å². The van der Waals surface area contributed by atoms with Crippen LogP contribution in [-0.2, 0) is 18.3 Å². The molecule has 0 aliphatic rings. The monoisotopic (exact) mass is 512 g/mol. The summed E-state index contributed by atoms with van der Waals surface area (Å²) in [4.78, 5) is 24.6. The molecule has 0 aliphatic carbocycles. The Hall–Kier alpha value is -1.87. The molecule has 0 aliphatic heterocycles. The average molecular weight is 514 g/mol. The number of halogens is 3. The Morgan fingerprint density at radius 3 is 2.52 bits per heavy atom. The van der Waals surface area contributed by atoms with E-state index in [1.807, 2.05) is 12.1 Å². The van der Waals surface area contributed by atoms with Crippen LogP contribution < -0.4 is 5.32 Å². The number of carbonyl (C=O) groups is 2. The molecule has 0 radical (unpaired) electrons. The maximum absolute atomic E-state index is 12.3. The summed E-state index contributed by atoms with van der Waals surface area (Å²) >= 11 is 16.4. The van der Waals surface area contributed by atoms with E-state index in [1.165, 1.54) is 11.8 Å². The number of thioether (sulfide) groups is 1. The predicted molar refractivity (Wildman–Crippen MR) is 119 cm³/mol. The van der Waals surface area contributed by atoms with Gasteiger partial charge in [-0.3, -0.25) is 9.59 Å². The third kappa shape index (κ3) is 5.82. The number of anilines is 1. The van der Waals surface area contributed by atoms with E-state index < -0.39 is 0 Å². The molecule has 0 spiro atoms. The van der Waals surface area contributed by atoms with Crippen LogP contribution in [0.1, 0.15) is 16.2 Å². The molecule has 0 fully saturated rings. The van der Waals surface area contributed by atoms with Gasteiger partial charge in [0.25, 0.3) is 0 Å². The van der Waals surface area contributed by atoms with Gasteiger partial charge in [0, 0.05) is 22.8 Å². The standard InChI is InChI=1S/C19H15BrCl2N4O2S/c1-26-17(9-18(28)23-13-6-7-14(21)15(22)8-13)24-25-19(26)29-10-16(27)11-2-4-12(20)5-3-11/h2-8H,9-10H2,1H3,(H,23,28). The van der Waals surface area contributed by atoms with Gasteiger partial charge in [0.1, 0.15) is 5.82 Å². The maximum atomic E-state index is 12.3. The van der Waals surface area contributed by atoms with Crippen molar-refractivity contribution in [1.29, 1.82) is 0 Å². The molecular formula is C19H15BrCl2N4O2S. The highest BCUT2D eigenvalue weighted by atomic mass is 79.9. The molecule has 0 unspecified atom stereocenters. The first-order chi connectivity index (χ1) is 13.8. The second kappa shape index (κ2) is 9.75. The second-order valence-corrected chi connectivity index (χ2v) is 8.70. The SMILES string of the molecule is Cn1c(CC(=O)Nc2ccc(Cl)c(Cl)c2)nnc1SCC(=O)c1ccc(Br)cc1. The van der Waals surface area contributed by atoms with Gasteiger partial charge in [0.15, 0.2) is 10.9 Å². The van der Waals surface area contributed by atoms with E-state index in [0.717, 1.165) is 4.47 Å². The smallest absolute Gasteiger partial charge is 0.232 e. The van der Waals surface area contributed by atoms with Crippen molar-refractivity contribution in [3.63, 3.8) is 0 Å². The van der Waals surface area contributed by atoms with Crippen LogP contribution in [0, 0.1) is 0 Å². The number of rotatable bonds is 7. The van der Waals surface area contributed by atoms with E-state index in [-0.39, 0.29) is 23.9 Å². The van der Waals surface area contributed by atoms with Crippen molar-refractivity contribution in [2.45, 2.75) is 11.6 Å².